The predicted molar refractivity (Wildman–Crippen MR) is 60.0 cm³/mol. The highest BCUT2D eigenvalue weighted by molar-refractivity contribution is 5.16. The van der Waals surface area contributed by atoms with Crippen molar-refractivity contribution in [1.82, 2.24) is 0 Å². The van der Waals surface area contributed by atoms with Crippen LogP contribution in [0.5, 0.6) is 0 Å². The summed E-state index contributed by atoms with van der Waals surface area (Å²) in [5.41, 5.74) is 0.952. The molecule has 90 valence electrons. The van der Waals surface area contributed by atoms with Crippen LogP contribution < -0.4 is 0 Å². The van der Waals surface area contributed by atoms with Gasteiger partial charge in [0.05, 0.1) is 12.9 Å². The quantitative estimate of drug-likeness (QED) is 0.797. The molecule has 0 aromatic heterocycles. The molecule has 1 saturated heterocycles. The van der Waals surface area contributed by atoms with Crippen LogP contribution in [-0.2, 0) is 14.2 Å². The van der Waals surface area contributed by atoms with Crippen LogP contribution in [-0.4, -0.2) is 30.0 Å². The van der Waals surface area contributed by atoms with Crippen LogP contribution >= 0.6 is 0 Å². The fourth-order valence-corrected chi connectivity index (χ4v) is 2.09. The summed E-state index contributed by atoms with van der Waals surface area (Å²) in [4.78, 5) is 0. The average molecular weight is 234 g/mol. The lowest BCUT2D eigenvalue weighted by Crippen LogP contribution is -2.49. The third kappa shape index (κ3) is 2.07. The van der Waals surface area contributed by atoms with Gasteiger partial charge >= 0.3 is 0 Å². The topological polar surface area (TPSA) is 47.9 Å². The van der Waals surface area contributed by atoms with E-state index in [1.807, 2.05) is 30.3 Å². The van der Waals surface area contributed by atoms with Gasteiger partial charge in [-0.25, -0.2) is 0 Å². The van der Waals surface area contributed by atoms with E-state index in [1.165, 1.54) is 6.26 Å². The largest absolute Gasteiger partial charge is 0.493 e. The highest BCUT2D eigenvalue weighted by Crippen LogP contribution is 2.30. The maximum atomic E-state index is 9.82. The van der Waals surface area contributed by atoms with E-state index in [-0.39, 0.29) is 12.2 Å². The number of aliphatic hydroxyl groups excluding tert-OH is 1. The van der Waals surface area contributed by atoms with Crippen molar-refractivity contribution in [2.45, 2.75) is 24.6 Å². The van der Waals surface area contributed by atoms with Crippen LogP contribution in [0.2, 0.25) is 0 Å². The Morgan fingerprint density at radius 1 is 1.18 bits per heavy atom. The van der Waals surface area contributed by atoms with Gasteiger partial charge in [0.25, 0.3) is 0 Å². The smallest absolute Gasteiger partial charge is 0.184 e. The summed E-state index contributed by atoms with van der Waals surface area (Å²) in [6, 6.07) is 9.69. The molecule has 0 bridgehead atoms. The van der Waals surface area contributed by atoms with Gasteiger partial charge in [0, 0.05) is 5.56 Å². The predicted octanol–water partition coefficient (Wildman–Crippen LogP) is 1.37. The van der Waals surface area contributed by atoms with Gasteiger partial charge in [0.1, 0.15) is 12.2 Å². The molecule has 3 rings (SSSR count). The second-order valence-electron chi connectivity index (χ2n) is 4.17. The first-order valence-electron chi connectivity index (χ1n) is 5.67. The standard InChI is InChI=1S/C13H14O4/c14-10-6-7-15-11-8-16-13(17-12(10)11)9-4-2-1-3-5-9/h1-7,10-14H,8H2/t10-,11-,12-,13?/m1/s1. The summed E-state index contributed by atoms with van der Waals surface area (Å²) in [7, 11) is 0. The minimum atomic E-state index is -0.635. The number of rotatable bonds is 1. The zero-order chi connectivity index (χ0) is 11.7. The molecule has 0 amide bonds. The van der Waals surface area contributed by atoms with E-state index in [9.17, 15) is 5.11 Å². The van der Waals surface area contributed by atoms with E-state index in [2.05, 4.69) is 0 Å². The number of aliphatic hydroxyl groups is 1. The number of hydrogen-bond acceptors (Lipinski definition) is 4. The molecular weight excluding hydrogens is 220 g/mol. The Morgan fingerprint density at radius 3 is 2.82 bits per heavy atom. The molecule has 2 aliphatic rings. The van der Waals surface area contributed by atoms with Crippen molar-refractivity contribution in [3.05, 3.63) is 48.2 Å². The second kappa shape index (κ2) is 4.49. The summed E-state index contributed by atoms with van der Waals surface area (Å²) in [6.45, 7) is 0.422. The van der Waals surface area contributed by atoms with Crippen molar-refractivity contribution in [3.8, 4) is 0 Å². The molecule has 4 nitrogen and oxygen atoms in total. The van der Waals surface area contributed by atoms with Gasteiger partial charge in [0.2, 0.25) is 0 Å². The molecule has 1 aromatic carbocycles. The van der Waals surface area contributed by atoms with Gasteiger partial charge in [-0.3, -0.25) is 0 Å². The second-order valence-corrected chi connectivity index (χ2v) is 4.17. The molecule has 0 spiro atoms. The minimum Gasteiger partial charge on any atom is -0.493 e. The van der Waals surface area contributed by atoms with Gasteiger partial charge < -0.3 is 19.3 Å². The lowest BCUT2D eigenvalue weighted by atomic mass is 10.0. The summed E-state index contributed by atoms with van der Waals surface area (Å²) >= 11 is 0. The maximum absolute atomic E-state index is 9.82. The van der Waals surface area contributed by atoms with Crippen molar-refractivity contribution in [3.63, 3.8) is 0 Å². The Morgan fingerprint density at radius 2 is 2.00 bits per heavy atom. The van der Waals surface area contributed by atoms with Gasteiger partial charge in [-0.2, -0.15) is 0 Å². The van der Waals surface area contributed by atoms with Crippen molar-refractivity contribution >= 4 is 0 Å². The third-order valence-corrected chi connectivity index (χ3v) is 3.00. The summed E-state index contributed by atoms with van der Waals surface area (Å²) in [5.74, 6) is 0. The van der Waals surface area contributed by atoms with Gasteiger partial charge in [0.15, 0.2) is 12.4 Å². The average Bonchev–Trinajstić information content (AvgIpc) is 2.40. The van der Waals surface area contributed by atoms with E-state index in [0.29, 0.717) is 6.61 Å². The monoisotopic (exact) mass is 234 g/mol. The molecule has 4 atom stereocenters. The molecule has 2 heterocycles. The molecule has 1 fully saturated rings. The summed E-state index contributed by atoms with van der Waals surface area (Å²) < 4.78 is 16.7. The normalized spacial score (nSPS) is 36.1. The number of ether oxygens (including phenoxy) is 3. The highest BCUT2D eigenvalue weighted by Gasteiger charge is 2.39. The Kier molecular flexibility index (Phi) is 2.84. The van der Waals surface area contributed by atoms with Crippen molar-refractivity contribution in [2.75, 3.05) is 6.61 Å². The Bertz CT molecular complexity index is 403. The van der Waals surface area contributed by atoms with Gasteiger partial charge in [-0.1, -0.05) is 30.3 Å². The first-order chi connectivity index (χ1) is 8.34. The SMILES string of the molecule is O[C@@H]1C=CO[C@@H]2COC(c3ccccc3)O[C@H]12. The van der Waals surface area contributed by atoms with Crippen LogP contribution in [0.1, 0.15) is 11.9 Å². The lowest BCUT2D eigenvalue weighted by molar-refractivity contribution is -0.276. The van der Waals surface area contributed by atoms with E-state index < -0.39 is 12.4 Å². The zero-order valence-corrected chi connectivity index (χ0v) is 9.23. The number of benzene rings is 1. The molecule has 2 aliphatic heterocycles. The van der Waals surface area contributed by atoms with Crippen LogP contribution in [0.15, 0.2) is 42.7 Å². The van der Waals surface area contributed by atoms with Gasteiger partial charge in [-0.15, -0.1) is 0 Å². The molecule has 0 radical (unpaired) electrons. The number of fused-ring (bicyclic) bond motifs is 1. The number of hydrogen-bond donors (Lipinski definition) is 1. The van der Waals surface area contributed by atoms with Crippen LogP contribution in [0, 0.1) is 0 Å². The van der Waals surface area contributed by atoms with Crippen molar-refractivity contribution in [2.24, 2.45) is 0 Å². The fourth-order valence-electron chi connectivity index (χ4n) is 2.09. The van der Waals surface area contributed by atoms with Crippen molar-refractivity contribution in [1.29, 1.82) is 0 Å². The lowest BCUT2D eigenvalue weighted by Gasteiger charge is -2.39. The minimum absolute atomic E-state index is 0.227. The highest BCUT2D eigenvalue weighted by atomic mass is 16.7. The Balaban J connectivity index is 1.77. The Hall–Kier alpha value is -1.36. The molecule has 0 aliphatic carbocycles. The molecule has 0 saturated carbocycles. The molecular formula is C13H14O4. The molecule has 1 aromatic rings. The van der Waals surface area contributed by atoms with Crippen molar-refractivity contribution < 1.29 is 19.3 Å². The van der Waals surface area contributed by atoms with Gasteiger partial charge in [-0.05, 0) is 6.08 Å². The maximum Gasteiger partial charge on any atom is 0.184 e. The molecule has 17 heavy (non-hydrogen) atoms. The van der Waals surface area contributed by atoms with E-state index in [0.717, 1.165) is 5.56 Å². The molecule has 1 unspecified atom stereocenters. The fraction of sp³-hybridized carbons (Fsp3) is 0.385. The Labute approximate surface area is 99.4 Å². The van der Waals surface area contributed by atoms with Crippen LogP contribution in [0.25, 0.3) is 0 Å². The third-order valence-electron chi connectivity index (χ3n) is 3.00. The molecule has 4 heteroatoms. The summed E-state index contributed by atoms with van der Waals surface area (Å²) in [6.07, 6.45) is 1.44. The molecule has 1 N–H and O–H groups in total. The van der Waals surface area contributed by atoms with Crippen LogP contribution in [0.4, 0.5) is 0 Å². The first kappa shape index (κ1) is 10.8. The van der Waals surface area contributed by atoms with E-state index in [1.54, 1.807) is 6.08 Å². The first-order valence-corrected chi connectivity index (χ1v) is 5.67. The zero-order valence-electron chi connectivity index (χ0n) is 9.23. The van der Waals surface area contributed by atoms with E-state index >= 15 is 0 Å². The summed E-state index contributed by atoms with van der Waals surface area (Å²) in [5, 5.41) is 9.82. The van der Waals surface area contributed by atoms with E-state index in [4.69, 9.17) is 14.2 Å². The van der Waals surface area contributed by atoms with Crippen LogP contribution in [0.3, 0.4) is 0 Å².